The third kappa shape index (κ3) is 4.93. The van der Waals surface area contributed by atoms with Crippen LogP contribution in [-0.4, -0.2) is 20.8 Å². The summed E-state index contributed by atoms with van der Waals surface area (Å²) in [6, 6.07) is 52.1. The summed E-state index contributed by atoms with van der Waals surface area (Å²) >= 11 is 0. The summed E-state index contributed by atoms with van der Waals surface area (Å²) in [4.78, 5) is 10.2. The zero-order valence-electron chi connectivity index (χ0n) is 29.4. The SMILES string of the molecule is C1=CC2C=CC(C3=NC(c4ccccc4)=NC(c4ccc(-n5c6ccccc6c6cc7c(cc65)c5ccccc5n7-c5ccccc5)cc4)N3)=CC2C=C1. The van der Waals surface area contributed by atoms with Crippen molar-refractivity contribution in [3.8, 4) is 11.4 Å². The lowest BCUT2D eigenvalue weighted by Gasteiger charge is -2.28. The van der Waals surface area contributed by atoms with Gasteiger partial charge < -0.3 is 14.5 Å². The number of amidine groups is 2. The highest BCUT2D eigenvalue weighted by Crippen LogP contribution is 2.40. The molecule has 0 radical (unpaired) electrons. The second-order valence-corrected chi connectivity index (χ2v) is 14.3. The molecule has 3 heterocycles. The molecule has 54 heavy (non-hydrogen) atoms. The van der Waals surface area contributed by atoms with E-state index >= 15 is 0 Å². The topological polar surface area (TPSA) is 46.6 Å². The first kappa shape index (κ1) is 30.6. The van der Waals surface area contributed by atoms with E-state index in [-0.39, 0.29) is 6.17 Å². The molecule has 0 spiro atoms. The van der Waals surface area contributed by atoms with Crippen molar-refractivity contribution in [2.75, 3.05) is 0 Å². The summed E-state index contributed by atoms with van der Waals surface area (Å²) in [5, 5.41) is 8.63. The highest BCUT2D eigenvalue weighted by atomic mass is 15.2. The van der Waals surface area contributed by atoms with E-state index in [0.29, 0.717) is 11.8 Å². The van der Waals surface area contributed by atoms with Crippen molar-refractivity contribution >= 4 is 55.3 Å². The van der Waals surface area contributed by atoms with Crippen LogP contribution in [0.2, 0.25) is 0 Å². The van der Waals surface area contributed by atoms with Gasteiger partial charge in [0.2, 0.25) is 0 Å². The molecule has 11 rings (SSSR count). The van der Waals surface area contributed by atoms with E-state index in [0.717, 1.165) is 39.7 Å². The maximum Gasteiger partial charge on any atom is 0.159 e. The van der Waals surface area contributed by atoms with Crippen LogP contribution in [0.3, 0.4) is 0 Å². The fourth-order valence-electron chi connectivity index (χ4n) is 8.49. The predicted octanol–water partition coefficient (Wildman–Crippen LogP) is 11.2. The van der Waals surface area contributed by atoms with Gasteiger partial charge in [0, 0.05) is 55.9 Å². The number of hydrogen-bond donors (Lipinski definition) is 1. The number of nitrogens with zero attached hydrogens (tertiary/aromatic N) is 4. The molecule has 3 atom stereocenters. The minimum Gasteiger partial charge on any atom is -0.344 e. The van der Waals surface area contributed by atoms with Crippen molar-refractivity contribution in [1.29, 1.82) is 0 Å². The Morgan fingerprint density at radius 3 is 1.74 bits per heavy atom. The van der Waals surface area contributed by atoms with Gasteiger partial charge in [-0.1, -0.05) is 140 Å². The lowest BCUT2D eigenvalue weighted by Crippen LogP contribution is -2.34. The van der Waals surface area contributed by atoms with Gasteiger partial charge in [-0.05, 0) is 54.1 Å². The zero-order chi connectivity index (χ0) is 35.6. The average Bonchev–Trinajstić information content (AvgIpc) is 3.75. The Balaban J connectivity index is 1.03. The number of para-hydroxylation sites is 3. The number of benzene rings is 6. The van der Waals surface area contributed by atoms with Gasteiger partial charge in [0.1, 0.15) is 12.0 Å². The summed E-state index contributed by atoms with van der Waals surface area (Å²) in [7, 11) is 0. The van der Waals surface area contributed by atoms with E-state index in [1.807, 2.05) is 18.2 Å². The van der Waals surface area contributed by atoms with Crippen LogP contribution in [0, 0.1) is 11.8 Å². The quantitative estimate of drug-likeness (QED) is 0.192. The molecule has 0 fully saturated rings. The Morgan fingerprint density at radius 1 is 0.500 bits per heavy atom. The fraction of sp³-hybridized carbons (Fsp3) is 0.0612. The lowest BCUT2D eigenvalue weighted by molar-refractivity contribution is 0.650. The molecule has 3 aliphatic rings. The molecule has 1 aliphatic heterocycles. The molecule has 1 N–H and O–H groups in total. The highest BCUT2D eigenvalue weighted by Gasteiger charge is 2.26. The molecule has 0 amide bonds. The summed E-state index contributed by atoms with van der Waals surface area (Å²) in [5.41, 5.74) is 10.2. The highest BCUT2D eigenvalue weighted by molar-refractivity contribution is 6.19. The van der Waals surface area contributed by atoms with Crippen LogP contribution in [-0.2, 0) is 0 Å². The summed E-state index contributed by atoms with van der Waals surface area (Å²) in [5.74, 6) is 2.28. The minimum atomic E-state index is -0.294. The van der Waals surface area contributed by atoms with Crippen molar-refractivity contribution in [2.45, 2.75) is 6.17 Å². The smallest absolute Gasteiger partial charge is 0.159 e. The number of nitrogens with one attached hydrogen (secondary N) is 1. The average molecular weight is 694 g/mol. The normalized spacial score (nSPS) is 19.2. The van der Waals surface area contributed by atoms with Crippen LogP contribution in [0.1, 0.15) is 17.3 Å². The molecule has 3 unspecified atom stereocenters. The number of allylic oxidation sites excluding steroid dienone is 6. The molecule has 0 bridgehead atoms. The Labute approximate surface area is 312 Å². The molecule has 256 valence electrons. The summed E-state index contributed by atoms with van der Waals surface area (Å²) in [6.07, 6.45) is 15.3. The van der Waals surface area contributed by atoms with Crippen LogP contribution in [0.4, 0.5) is 0 Å². The van der Waals surface area contributed by atoms with E-state index in [1.165, 1.54) is 43.6 Å². The van der Waals surface area contributed by atoms with Crippen molar-refractivity contribution in [2.24, 2.45) is 21.8 Å². The van der Waals surface area contributed by atoms with Gasteiger partial charge in [-0.15, -0.1) is 0 Å². The fourth-order valence-corrected chi connectivity index (χ4v) is 8.49. The van der Waals surface area contributed by atoms with Crippen molar-refractivity contribution in [3.63, 3.8) is 0 Å². The molecule has 5 heteroatoms. The van der Waals surface area contributed by atoms with Gasteiger partial charge in [0.15, 0.2) is 5.84 Å². The van der Waals surface area contributed by atoms with Gasteiger partial charge in [-0.25, -0.2) is 9.98 Å². The third-order valence-corrected chi connectivity index (χ3v) is 11.1. The second kappa shape index (κ2) is 12.3. The Morgan fingerprint density at radius 2 is 1.07 bits per heavy atom. The van der Waals surface area contributed by atoms with E-state index in [1.54, 1.807) is 0 Å². The summed E-state index contributed by atoms with van der Waals surface area (Å²) in [6.45, 7) is 0. The van der Waals surface area contributed by atoms with Crippen molar-refractivity contribution in [1.82, 2.24) is 14.5 Å². The first-order chi connectivity index (χ1) is 26.8. The number of aliphatic imine (C=N–C) groups is 2. The van der Waals surface area contributed by atoms with Crippen LogP contribution in [0.15, 0.2) is 204 Å². The maximum absolute atomic E-state index is 5.16. The van der Waals surface area contributed by atoms with Crippen molar-refractivity contribution in [3.05, 3.63) is 205 Å². The molecule has 0 saturated carbocycles. The van der Waals surface area contributed by atoms with E-state index in [2.05, 4.69) is 184 Å². The first-order valence-electron chi connectivity index (χ1n) is 18.6. The Hall–Kier alpha value is -6.98. The third-order valence-electron chi connectivity index (χ3n) is 11.1. The Bertz CT molecular complexity index is 2950. The molecule has 8 aromatic rings. The van der Waals surface area contributed by atoms with Crippen LogP contribution < -0.4 is 5.32 Å². The molecular weight excluding hydrogens is 659 g/mol. The van der Waals surface area contributed by atoms with Gasteiger partial charge >= 0.3 is 0 Å². The molecule has 6 aromatic carbocycles. The van der Waals surface area contributed by atoms with E-state index in [4.69, 9.17) is 9.98 Å². The number of rotatable bonds is 5. The maximum atomic E-state index is 5.16. The largest absolute Gasteiger partial charge is 0.344 e. The number of fused-ring (bicyclic) bond motifs is 7. The summed E-state index contributed by atoms with van der Waals surface area (Å²) < 4.78 is 4.80. The van der Waals surface area contributed by atoms with Gasteiger partial charge in [0.05, 0.1) is 22.1 Å². The monoisotopic (exact) mass is 693 g/mol. The predicted molar refractivity (Wildman–Crippen MR) is 224 cm³/mol. The van der Waals surface area contributed by atoms with Gasteiger partial charge in [-0.2, -0.15) is 0 Å². The van der Waals surface area contributed by atoms with Crippen LogP contribution in [0.25, 0.3) is 55.0 Å². The van der Waals surface area contributed by atoms with Gasteiger partial charge in [0.25, 0.3) is 0 Å². The Kier molecular flexibility index (Phi) is 6.99. The molecular formula is C49H35N5. The lowest BCUT2D eigenvalue weighted by atomic mass is 9.83. The minimum absolute atomic E-state index is 0.294. The van der Waals surface area contributed by atoms with E-state index < -0.39 is 0 Å². The van der Waals surface area contributed by atoms with Gasteiger partial charge in [-0.3, -0.25) is 0 Å². The molecule has 2 aliphatic carbocycles. The van der Waals surface area contributed by atoms with Crippen molar-refractivity contribution < 1.29 is 0 Å². The first-order valence-corrected chi connectivity index (χ1v) is 18.6. The second-order valence-electron chi connectivity index (χ2n) is 14.3. The van der Waals surface area contributed by atoms with Crippen LogP contribution >= 0.6 is 0 Å². The molecule has 0 saturated heterocycles. The number of hydrogen-bond acceptors (Lipinski definition) is 3. The van der Waals surface area contributed by atoms with E-state index in [9.17, 15) is 0 Å². The number of aromatic nitrogens is 2. The standard InChI is InChI=1S/C49H35N5/c1-3-14-33(15-4-1)47-50-48(52-49(51-47)36-24-23-32-13-7-8-16-35(32)29-36)34-25-27-38(28-26-34)54-44-22-12-10-20-40(44)42-30-45-41(31-46(42)54)39-19-9-11-21-43(39)53(45)37-17-5-2-6-18-37/h1-32,35,48H,(H,50,51,52). The molecule has 5 nitrogen and oxygen atoms in total. The zero-order valence-corrected chi connectivity index (χ0v) is 29.4. The molecule has 2 aromatic heterocycles. The van der Waals surface area contributed by atoms with Crippen LogP contribution in [0.5, 0.6) is 0 Å².